The molecule has 0 aliphatic heterocycles. The van der Waals surface area contributed by atoms with E-state index >= 15 is 0 Å². The summed E-state index contributed by atoms with van der Waals surface area (Å²) < 4.78 is 0. The molecule has 3 aliphatic carbocycles. The van der Waals surface area contributed by atoms with Gasteiger partial charge in [-0.05, 0) is 41.9 Å². The fourth-order valence-corrected chi connectivity index (χ4v) is 5.34. The van der Waals surface area contributed by atoms with Crippen molar-refractivity contribution >= 4 is 5.78 Å². The normalized spacial score (nSPS) is 36.4. The number of rotatable bonds is 1. The second-order valence-corrected chi connectivity index (χ2v) is 8.66. The van der Waals surface area contributed by atoms with E-state index in [2.05, 4.69) is 20.8 Å². The van der Waals surface area contributed by atoms with Gasteiger partial charge in [0.15, 0.2) is 5.76 Å². The number of aliphatic hydroxyl groups excluding tert-OH is 2. The topological polar surface area (TPSA) is 57.5 Å². The Kier molecular flexibility index (Phi) is 3.64. The van der Waals surface area contributed by atoms with Crippen molar-refractivity contribution in [3.05, 3.63) is 34.6 Å². The Hall–Kier alpha value is -1.35. The summed E-state index contributed by atoms with van der Waals surface area (Å²) in [6.07, 6.45) is 6.19. The summed E-state index contributed by atoms with van der Waals surface area (Å²) in [4.78, 5) is 12.6. The Morgan fingerprint density at radius 1 is 1.22 bits per heavy atom. The van der Waals surface area contributed by atoms with Gasteiger partial charge < -0.3 is 10.2 Å². The molecule has 0 amide bonds. The molecular formula is C20H28O3. The van der Waals surface area contributed by atoms with Gasteiger partial charge in [-0.1, -0.05) is 41.0 Å². The largest absolute Gasteiger partial charge is 0.504 e. The molecule has 0 aromatic rings. The van der Waals surface area contributed by atoms with Crippen LogP contribution in [0.15, 0.2) is 34.6 Å². The van der Waals surface area contributed by atoms with Gasteiger partial charge in [0.2, 0.25) is 5.78 Å². The highest BCUT2D eigenvalue weighted by molar-refractivity contribution is 6.10. The number of aliphatic hydroxyl groups is 2. The van der Waals surface area contributed by atoms with Crippen molar-refractivity contribution in [3.8, 4) is 0 Å². The Morgan fingerprint density at radius 2 is 1.87 bits per heavy atom. The smallest absolute Gasteiger partial charge is 0.223 e. The van der Waals surface area contributed by atoms with Gasteiger partial charge in [-0.3, -0.25) is 4.79 Å². The number of fused-ring (bicyclic) bond motifs is 3. The predicted octanol–water partition coefficient (Wildman–Crippen LogP) is 4.10. The molecule has 2 N–H and O–H groups in total. The van der Waals surface area contributed by atoms with Gasteiger partial charge >= 0.3 is 0 Å². The monoisotopic (exact) mass is 316 g/mol. The highest BCUT2D eigenvalue weighted by Gasteiger charge is 2.55. The van der Waals surface area contributed by atoms with Crippen molar-refractivity contribution in [3.63, 3.8) is 0 Å². The van der Waals surface area contributed by atoms with Gasteiger partial charge in [-0.15, -0.1) is 0 Å². The van der Waals surface area contributed by atoms with Crippen molar-refractivity contribution in [2.24, 2.45) is 22.7 Å². The van der Waals surface area contributed by atoms with E-state index in [4.69, 9.17) is 0 Å². The van der Waals surface area contributed by atoms with E-state index in [0.29, 0.717) is 5.57 Å². The molecule has 3 heteroatoms. The third-order valence-electron chi connectivity index (χ3n) is 6.24. The second kappa shape index (κ2) is 5.07. The zero-order chi connectivity index (χ0) is 17.2. The molecule has 0 saturated heterocycles. The van der Waals surface area contributed by atoms with Gasteiger partial charge in [0, 0.05) is 22.5 Å². The number of hydrogen-bond acceptors (Lipinski definition) is 3. The van der Waals surface area contributed by atoms with Gasteiger partial charge in [-0.25, -0.2) is 0 Å². The fourth-order valence-electron chi connectivity index (χ4n) is 5.34. The van der Waals surface area contributed by atoms with Crippen LogP contribution in [-0.2, 0) is 4.79 Å². The summed E-state index contributed by atoms with van der Waals surface area (Å²) in [6, 6.07) is 0. The van der Waals surface area contributed by atoms with Crippen LogP contribution in [0.5, 0.6) is 0 Å². The first-order valence-electron chi connectivity index (χ1n) is 8.70. The Bertz CT molecular complexity index is 648. The molecule has 0 aromatic carbocycles. The van der Waals surface area contributed by atoms with E-state index < -0.39 is 6.10 Å². The third kappa shape index (κ3) is 2.24. The lowest BCUT2D eigenvalue weighted by Gasteiger charge is -2.56. The lowest BCUT2D eigenvalue weighted by molar-refractivity contribution is -0.115. The maximum atomic E-state index is 12.6. The molecule has 0 bridgehead atoms. The van der Waals surface area contributed by atoms with Crippen LogP contribution in [0.25, 0.3) is 0 Å². The molecule has 1 fully saturated rings. The van der Waals surface area contributed by atoms with E-state index in [1.54, 1.807) is 0 Å². The van der Waals surface area contributed by atoms with Gasteiger partial charge in [0.1, 0.15) is 0 Å². The van der Waals surface area contributed by atoms with E-state index in [1.165, 1.54) is 0 Å². The minimum atomic E-state index is -0.542. The van der Waals surface area contributed by atoms with Crippen LogP contribution in [0.4, 0.5) is 0 Å². The Labute approximate surface area is 138 Å². The average Bonchev–Trinajstić information content (AvgIpc) is 2.40. The maximum absolute atomic E-state index is 12.6. The number of Topliss-reactive ketones (excluding diaryl/α,β-unsaturated/α-hetero) is 1. The summed E-state index contributed by atoms with van der Waals surface area (Å²) >= 11 is 0. The van der Waals surface area contributed by atoms with Gasteiger partial charge in [0.25, 0.3) is 0 Å². The molecule has 0 spiro atoms. The zero-order valence-corrected chi connectivity index (χ0v) is 14.8. The first-order valence-corrected chi connectivity index (χ1v) is 8.70. The number of ketones is 1. The van der Waals surface area contributed by atoms with Gasteiger partial charge in [-0.2, -0.15) is 0 Å². The minimum absolute atomic E-state index is 0.0199. The third-order valence-corrected chi connectivity index (χ3v) is 6.24. The zero-order valence-electron chi connectivity index (χ0n) is 14.8. The van der Waals surface area contributed by atoms with E-state index in [1.807, 2.05) is 26.0 Å². The maximum Gasteiger partial charge on any atom is 0.223 e. The highest BCUT2D eigenvalue weighted by Crippen LogP contribution is 2.61. The second-order valence-electron chi connectivity index (χ2n) is 8.66. The average molecular weight is 316 g/mol. The molecule has 0 aromatic heterocycles. The Balaban J connectivity index is 2.22. The van der Waals surface area contributed by atoms with Crippen molar-refractivity contribution in [1.29, 1.82) is 0 Å². The van der Waals surface area contributed by atoms with Crippen LogP contribution in [0.3, 0.4) is 0 Å². The molecule has 3 nitrogen and oxygen atoms in total. The van der Waals surface area contributed by atoms with Gasteiger partial charge in [0.05, 0.1) is 6.10 Å². The number of hydrogen-bond donors (Lipinski definition) is 2. The fraction of sp³-hybridized carbons (Fsp3) is 0.650. The summed E-state index contributed by atoms with van der Waals surface area (Å²) in [5, 5.41) is 21.5. The van der Waals surface area contributed by atoms with Crippen molar-refractivity contribution < 1.29 is 15.0 Å². The van der Waals surface area contributed by atoms with Crippen molar-refractivity contribution in [1.82, 2.24) is 0 Å². The molecule has 0 radical (unpaired) electrons. The lowest BCUT2D eigenvalue weighted by Crippen LogP contribution is -2.52. The molecular weight excluding hydrogens is 288 g/mol. The standard InChI is InChI=1S/C20H28O3/c1-11(2)13-9-12-10-14(21)18-19(3,4)7-6-8-20(18,5)15(12)17(23)16(13)22/h9-11,14,18,21,23H,6-8H2,1-5H3/t14-,18-,20-/m1/s1. The number of carbonyl (C=O) groups is 1. The molecule has 23 heavy (non-hydrogen) atoms. The lowest BCUT2D eigenvalue weighted by atomic mass is 9.49. The van der Waals surface area contributed by atoms with Crippen molar-refractivity contribution in [2.45, 2.75) is 60.0 Å². The molecule has 0 heterocycles. The first kappa shape index (κ1) is 16.5. The molecule has 3 rings (SSSR count). The summed E-state index contributed by atoms with van der Waals surface area (Å²) in [5.41, 5.74) is 1.85. The minimum Gasteiger partial charge on any atom is -0.504 e. The summed E-state index contributed by atoms with van der Waals surface area (Å²) in [6.45, 7) is 10.4. The summed E-state index contributed by atoms with van der Waals surface area (Å²) in [7, 11) is 0. The number of allylic oxidation sites excluding steroid dienone is 4. The van der Waals surface area contributed by atoms with Crippen molar-refractivity contribution in [2.75, 3.05) is 0 Å². The van der Waals surface area contributed by atoms with E-state index in [-0.39, 0.29) is 34.2 Å². The number of carbonyl (C=O) groups excluding carboxylic acids is 1. The molecule has 1 saturated carbocycles. The van der Waals surface area contributed by atoms with Crippen LogP contribution in [0.2, 0.25) is 0 Å². The SMILES string of the molecule is CC(C)C1=CC2=C[C@@H](O)[C@@H]3C(C)(C)CCC[C@]3(C)C2=C(O)C1=O. The van der Waals surface area contributed by atoms with Crippen LogP contribution in [-0.4, -0.2) is 22.1 Å². The highest BCUT2D eigenvalue weighted by atomic mass is 16.3. The van der Waals surface area contributed by atoms with E-state index in [0.717, 1.165) is 30.4 Å². The first-order chi connectivity index (χ1) is 10.6. The predicted molar refractivity (Wildman–Crippen MR) is 90.9 cm³/mol. The molecule has 3 aliphatic rings. The quantitative estimate of drug-likeness (QED) is 0.766. The van der Waals surface area contributed by atoms with Crippen LogP contribution in [0, 0.1) is 22.7 Å². The van der Waals surface area contributed by atoms with Crippen LogP contribution < -0.4 is 0 Å². The molecule has 126 valence electrons. The van der Waals surface area contributed by atoms with E-state index in [9.17, 15) is 15.0 Å². The van der Waals surface area contributed by atoms with Crippen LogP contribution in [0.1, 0.15) is 53.9 Å². The summed E-state index contributed by atoms with van der Waals surface area (Å²) in [5.74, 6) is -0.268. The molecule has 0 unspecified atom stereocenters. The van der Waals surface area contributed by atoms with Crippen LogP contribution >= 0.6 is 0 Å². The Morgan fingerprint density at radius 3 is 2.48 bits per heavy atom. The molecule has 3 atom stereocenters.